The molecule has 10 aromatic rings. The Morgan fingerprint density at radius 3 is 1.39 bits per heavy atom. The van der Waals surface area contributed by atoms with Crippen LogP contribution in [0, 0.1) is 0 Å². The van der Waals surface area contributed by atoms with E-state index in [1.54, 1.807) is 0 Å². The van der Waals surface area contributed by atoms with Gasteiger partial charge in [0.25, 0.3) is 0 Å². The summed E-state index contributed by atoms with van der Waals surface area (Å²) in [6, 6.07) is 68.7. The number of nitrogens with zero attached hydrogens (tertiary/aromatic N) is 5. The van der Waals surface area contributed by atoms with Gasteiger partial charge in [0, 0.05) is 33.2 Å². The maximum Gasteiger partial charge on any atom is 0.179 e. The van der Waals surface area contributed by atoms with Crippen LogP contribution in [0.3, 0.4) is 0 Å². The van der Waals surface area contributed by atoms with Crippen LogP contribution in [0.4, 0.5) is 0 Å². The summed E-state index contributed by atoms with van der Waals surface area (Å²) in [5, 5.41) is 3.30. The van der Waals surface area contributed by atoms with Crippen molar-refractivity contribution < 1.29 is 0 Å². The van der Waals surface area contributed by atoms with Gasteiger partial charge < -0.3 is 0 Å². The van der Waals surface area contributed by atoms with E-state index in [-0.39, 0.29) is 0 Å². The Kier molecular flexibility index (Phi) is 8.43. The molecule has 0 saturated carbocycles. The van der Waals surface area contributed by atoms with E-state index >= 15 is 0 Å². The van der Waals surface area contributed by atoms with Crippen molar-refractivity contribution in [2.45, 2.75) is 0 Å². The average molecular weight is 716 g/mol. The fourth-order valence-corrected chi connectivity index (χ4v) is 7.34. The zero-order valence-electron chi connectivity index (χ0n) is 30.3. The highest BCUT2D eigenvalue weighted by Crippen LogP contribution is 2.38. The van der Waals surface area contributed by atoms with Crippen molar-refractivity contribution in [2.24, 2.45) is 0 Å². The monoisotopic (exact) mass is 715 g/mol. The molecule has 0 radical (unpaired) electrons. The molecule has 262 valence electrons. The lowest BCUT2D eigenvalue weighted by Crippen LogP contribution is -1.98. The number of pyridine rings is 1. The van der Waals surface area contributed by atoms with Gasteiger partial charge >= 0.3 is 0 Å². The van der Waals surface area contributed by atoms with Crippen LogP contribution in [0.1, 0.15) is 0 Å². The third-order valence-corrected chi connectivity index (χ3v) is 10.1. The van der Waals surface area contributed by atoms with Crippen LogP contribution >= 0.6 is 0 Å². The minimum atomic E-state index is 0.584. The second-order valence-corrected chi connectivity index (χ2v) is 13.7. The Morgan fingerprint density at radius 1 is 0.250 bits per heavy atom. The molecule has 0 atom stereocenters. The van der Waals surface area contributed by atoms with Crippen LogP contribution in [-0.4, -0.2) is 24.9 Å². The number of benzene rings is 7. The summed E-state index contributed by atoms with van der Waals surface area (Å²) >= 11 is 0. The highest BCUT2D eigenvalue weighted by molar-refractivity contribution is 6.05. The quantitative estimate of drug-likeness (QED) is 0.164. The Morgan fingerprint density at radius 2 is 0.732 bits per heavy atom. The maximum atomic E-state index is 5.19. The van der Waals surface area contributed by atoms with Crippen molar-refractivity contribution in [3.8, 4) is 79.1 Å². The second-order valence-electron chi connectivity index (χ2n) is 13.7. The normalized spacial score (nSPS) is 11.2. The topological polar surface area (TPSA) is 64.5 Å². The van der Waals surface area contributed by atoms with Gasteiger partial charge in [0.05, 0.1) is 28.3 Å². The van der Waals surface area contributed by atoms with E-state index in [1.807, 2.05) is 78.9 Å². The Balaban J connectivity index is 1.10. The molecule has 0 fully saturated rings. The molecule has 56 heavy (non-hydrogen) atoms. The van der Waals surface area contributed by atoms with Gasteiger partial charge in [-0.25, -0.2) is 24.9 Å². The summed E-state index contributed by atoms with van der Waals surface area (Å²) in [4.78, 5) is 25.4. The lowest BCUT2D eigenvalue weighted by Gasteiger charge is -2.14. The predicted octanol–water partition coefficient (Wildman–Crippen LogP) is 12.6. The number of fused-ring (bicyclic) bond motifs is 2. The molecule has 0 aliphatic rings. The minimum Gasteiger partial charge on any atom is -0.244 e. The standard InChI is InChI=1S/C51H33N5/c1-4-15-34(16-5-1)46-32-47(35-17-6-2-7-18-35)54-50(53-46)39-23-14-22-38(31-39)40-28-29-43(42-25-12-11-24-41(40)42)49-33-48(36-19-8-3-9-20-36)55-51(56-49)45-30-27-37-21-10-13-26-44(37)52-45/h1-33H. The van der Waals surface area contributed by atoms with E-state index in [0.29, 0.717) is 11.6 Å². The van der Waals surface area contributed by atoms with Gasteiger partial charge in [0.15, 0.2) is 11.6 Å². The molecule has 0 aliphatic heterocycles. The first-order valence-corrected chi connectivity index (χ1v) is 18.7. The minimum absolute atomic E-state index is 0.584. The van der Waals surface area contributed by atoms with Crippen LogP contribution in [0.2, 0.25) is 0 Å². The second kappa shape index (κ2) is 14.3. The summed E-state index contributed by atoms with van der Waals surface area (Å²) in [6.45, 7) is 0. The zero-order valence-corrected chi connectivity index (χ0v) is 30.3. The predicted molar refractivity (Wildman–Crippen MR) is 228 cm³/mol. The van der Waals surface area contributed by atoms with Gasteiger partial charge in [0.2, 0.25) is 0 Å². The highest BCUT2D eigenvalue weighted by atomic mass is 14.9. The zero-order chi connectivity index (χ0) is 37.3. The van der Waals surface area contributed by atoms with Gasteiger partial charge in [-0.15, -0.1) is 0 Å². The molecule has 10 rings (SSSR count). The fraction of sp³-hybridized carbons (Fsp3) is 0. The molecule has 7 aromatic carbocycles. The first-order valence-electron chi connectivity index (χ1n) is 18.7. The first kappa shape index (κ1) is 33.0. The van der Waals surface area contributed by atoms with Crippen LogP contribution in [0.15, 0.2) is 200 Å². The van der Waals surface area contributed by atoms with Gasteiger partial charge in [-0.3, -0.25) is 0 Å². The largest absolute Gasteiger partial charge is 0.244 e. The number of aromatic nitrogens is 5. The van der Waals surface area contributed by atoms with Crippen molar-refractivity contribution >= 4 is 21.7 Å². The fourth-order valence-electron chi connectivity index (χ4n) is 7.34. The number of rotatable bonds is 7. The van der Waals surface area contributed by atoms with E-state index in [0.717, 1.165) is 89.1 Å². The molecule has 0 bridgehead atoms. The third-order valence-electron chi connectivity index (χ3n) is 10.1. The number of para-hydroxylation sites is 1. The van der Waals surface area contributed by atoms with Crippen molar-refractivity contribution in [1.29, 1.82) is 0 Å². The summed E-state index contributed by atoms with van der Waals surface area (Å²) < 4.78 is 0. The Hall–Kier alpha value is -7.63. The van der Waals surface area contributed by atoms with Gasteiger partial charge in [0.1, 0.15) is 5.69 Å². The molecular weight excluding hydrogens is 683 g/mol. The van der Waals surface area contributed by atoms with E-state index in [4.69, 9.17) is 24.9 Å². The number of hydrogen-bond acceptors (Lipinski definition) is 5. The molecule has 3 heterocycles. The van der Waals surface area contributed by atoms with Crippen molar-refractivity contribution in [1.82, 2.24) is 24.9 Å². The van der Waals surface area contributed by atoms with Crippen LogP contribution in [-0.2, 0) is 0 Å². The maximum absolute atomic E-state index is 5.19. The SMILES string of the molecule is c1ccc(-c2cc(-c3ccccc3)nc(-c3cccc(-c4ccc(-c5cc(-c6ccccc6)nc(-c6ccc7ccccc7n6)n5)c5ccccc45)c3)n2)cc1. The number of hydrogen-bond donors (Lipinski definition) is 0. The third kappa shape index (κ3) is 6.37. The van der Waals surface area contributed by atoms with E-state index in [2.05, 4.69) is 121 Å². The summed E-state index contributed by atoms with van der Waals surface area (Å²) in [5.74, 6) is 1.26. The molecule has 3 aromatic heterocycles. The lowest BCUT2D eigenvalue weighted by molar-refractivity contribution is 1.16. The van der Waals surface area contributed by atoms with E-state index in [1.165, 1.54) is 0 Å². The molecular formula is C51H33N5. The van der Waals surface area contributed by atoms with Crippen molar-refractivity contribution in [2.75, 3.05) is 0 Å². The highest BCUT2D eigenvalue weighted by Gasteiger charge is 2.17. The van der Waals surface area contributed by atoms with Crippen LogP contribution in [0.25, 0.3) is 101 Å². The summed E-state index contributed by atoms with van der Waals surface area (Å²) in [5.41, 5.74) is 12.3. The lowest BCUT2D eigenvalue weighted by atomic mass is 9.92. The van der Waals surface area contributed by atoms with Crippen LogP contribution in [0.5, 0.6) is 0 Å². The molecule has 0 amide bonds. The molecule has 5 heteroatoms. The van der Waals surface area contributed by atoms with E-state index < -0.39 is 0 Å². The Bertz CT molecular complexity index is 2960. The molecule has 0 aliphatic carbocycles. The molecule has 5 nitrogen and oxygen atoms in total. The molecule has 0 saturated heterocycles. The first-order chi connectivity index (χ1) is 27.7. The van der Waals surface area contributed by atoms with Crippen molar-refractivity contribution in [3.63, 3.8) is 0 Å². The molecule has 0 N–H and O–H groups in total. The van der Waals surface area contributed by atoms with Crippen LogP contribution < -0.4 is 0 Å². The van der Waals surface area contributed by atoms with Gasteiger partial charge in [-0.1, -0.05) is 170 Å². The smallest absolute Gasteiger partial charge is 0.179 e. The van der Waals surface area contributed by atoms with Gasteiger partial charge in [-0.05, 0) is 52.2 Å². The van der Waals surface area contributed by atoms with E-state index in [9.17, 15) is 0 Å². The molecule has 0 unspecified atom stereocenters. The van der Waals surface area contributed by atoms with Gasteiger partial charge in [-0.2, -0.15) is 0 Å². The Labute approximate surface area is 324 Å². The summed E-state index contributed by atoms with van der Waals surface area (Å²) in [7, 11) is 0. The summed E-state index contributed by atoms with van der Waals surface area (Å²) in [6.07, 6.45) is 0. The average Bonchev–Trinajstić information content (AvgIpc) is 3.29. The van der Waals surface area contributed by atoms with Crippen molar-refractivity contribution in [3.05, 3.63) is 200 Å². The molecule has 0 spiro atoms.